The molecular weight excluding hydrogens is 785 g/mol. The van der Waals surface area contributed by atoms with Gasteiger partial charge in [0.25, 0.3) is 0 Å². The Bertz CT molecular complexity index is 2190. The second-order valence-corrected chi connectivity index (χ2v) is 11.6. The predicted molar refractivity (Wildman–Crippen MR) is 187 cm³/mol. The second-order valence-electron chi connectivity index (χ2n) is 11.6. The number of imidazole rings is 2. The molecule has 0 spiro atoms. The van der Waals surface area contributed by atoms with E-state index >= 15 is 0 Å². The van der Waals surface area contributed by atoms with E-state index in [0.29, 0.717) is 11.6 Å². The largest absolute Gasteiger partial charge is 0.421 e. The Morgan fingerprint density at radius 1 is 0.633 bits per heavy atom. The summed E-state index contributed by atoms with van der Waals surface area (Å²) in [6.07, 6.45) is 8.36. The van der Waals surface area contributed by atoms with Crippen molar-refractivity contribution in [1.29, 1.82) is 0 Å². The minimum absolute atomic E-state index is 0. The average molecular weight is 822 g/mol. The topological polar surface area (TPSA) is 70.4 Å². The number of benzene rings is 4. The molecule has 9 heteroatoms. The average Bonchev–Trinajstić information content (AvgIpc) is 3.76. The standard InChI is InChI=1S/2C16H15N2.C8H7N4.Ir/c2*1-12-13(2)18(11-17(12)3)16-10-6-8-14-7-4-5-9-15(14)16;1-6-10-8(12-11-6)7-4-2-3-5-9-7;/h2*4-9H,1-3H3;2-5H,1H3;/q3*-1;. The molecule has 249 valence electrons. The summed E-state index contributed by atoms with van der Waals surface area (Å²) in [5.74, 6) is 1.27. The molecule has 8 nitrogen and oxygen atoms in total. The van der Waals surface area contributed by atoms with Gasteiger partial charge < -0.3 is 28.4 Å². The molecule has 0 N–H and O–H groups in total. The van der Waals surface area contributed by atoms with Gasteiger partial charge in [0, 0.05) is 54.9 Å². The fourth-order valence-corrected chi connectivity index (χ4v) is 5.43. The van der Waals surface area contributed by atoms with Crippen molar-refractivity contribution in [2.24, 2.45) is 14.1 Å². The molecule has 0 bridgehead atoms. The van der Waals surface area contributed by atoms with Gasteiger partial charge in [0.1, 0.15) is 0 Å². The van der Waals surface area contributed by atoms with Crippen LogP contribution in [0.3, 0.4) is 0 Å². The minimum atomic E-state index is 0. The summed E-state index contributed by atoms with van der Waals surface area (Å²) in [5, 5.41) is 12.5. The van der Waals surface area contributed by atoms with E-state index in [1.807, 2.05) is 53.6 Å². The Morgan fingerprint density at radius 3 is 1.53 bits per heavy atom. The van der Waals surface area contributed by atoms with Crippen molar-refractivity contribution in [3.05, 3.63) is 151 Å². The number of hydrogen-bond acceptors (Lipinski definition) is 3. The summed E-state index contributed by atoms with van der Waals surface area (Å²) in [6, 6.07) is 37.1. The maximum absolute atomic E-state index is 4.10. The third-order valence-electron chi connectivity index (χ3n) is 8.52. The summed E-state index contributed by atoms with van der Waals surface area (Å²) >= 11 is 0. The summed E-state index contributed by atoms with van der Waals surface area (Å²) in [4.78, 5) is 8.19. The molecule has 1 radical (unpaired) electrons. The molecule has 4 heterocycles. The van der Waals surface area contributed by atoms with Crippen LogP contribution in [0, 0.1) is 59.4 Å². The van der Waals surface area contributed by atoms with Gasteiger partial charge in [-0.05, 0) is 52.6 Å². The van der Waals surface area contributed by atoms with E-state index in [0.717, 1.165) is 17.1 Å². The molecule has 8 aromatic rings. The van der Waals surface area contributed by atoms with Crippen molar-refractivity contribution in [1.82, 2.24) is 29.3 Å². The van der Waals surface area contributed by atoms with Gasteiger partial charge in [-0.3, -0.25) is 10.1 Å². The quantitative estimate of drug-likeness (QED) is 0.159. The molecule has 0 fully saturated rings. The van der Waals surface area contributed by atoms with Gasteiger partial charge in [-0.1, -0.05) is 53.8 Å². The molecule has 0 atom stereocenters. The number of nitrogens with zero attached hydrogens (tertiary/aromatic N) is 8. The van der Waals surface area contributed by atoms with Gasteiger partial charge in [0.2, 0.25) is 12.7 Å². The smallest absolute Gasteiger partial charge is 0.241 e. The molecule has 0 amide bonds. The van der Waals surface area contributed by atoms with Gasteiger partial charge in [0.15, 0.2) is 0 Å². The van der Waals surface area contributed by atoms with Crippen molar-refractivity contribution in [3.8, 4) is 22.9 Å². The number of fused-ring (bicyclic) bond motifs is 2. The summed E-state index contributed by atoms with van der Waals surface area (Å²) in [7, 11) is 4.04. The van der Waals surface area contributed by atoms with Crippen molar-refractivity contribution in [3.63, 3.8) is 0 Å². The van der Waals surface area contributed by atoms with E-state index in [2.05, 4.69) is 142 Å². The molecular formula is C40H37IrN8-3. The van der Waals surface area contributed by atoms with Gasteiger partial charge in [-0.25, -0.2) is 0 Å². The number of aromatic nitrogens is 8. The van der Waals surface area contributed by atoms with Gasteiger partial charge in [-0.15, -0.1) is 33.7 Å². The molecule has 0 aliphatic rings. The van der Waals surface area contributed by atoms with Crippen LogP contribution >= 0.6 is 0 Å². The van der Waals surface area contributed by atoms with E-state index < -0.39 is 0 Å². The van der Waals surface area contributed by atoms with E-state index in [1.54, 1.807) is 13.1 Å². The molecule has 0 saturated heterocycles. The molecule has 4 aromatic carbocycles. The zero-order valence-corrected chi connectivity index (χ0v) is 31.0. The van der Waals surface area contributed by atoms with Crippen molar-refractivity contribution in [2.75, 3.05) is 0 Å². The summed E-state index contributed by atoms with van der Waals surface area (Å²) in [5.41, 5.74) is 7.73. The predicted octanol–water partition coefficient (Wildman–Crippen LogP) is 6.15. The normalized spacial score (nSPS) is 10.6. The first-order valence-corrected chi connectivity index (χ1v) is 15.7. The van der Waals surface area contributed by atoms with E-state index in [4.69, 9.17) is 0 Å². The van der Waals surface area contributed by atoms with Crippen LogP contribution < -0.4 is 14.2 Å². The first-order chi connectivity index (χ1) is 23.2. The molecule has 0 saturated carbocycles. The van der Waals surface area contributed by atoms with Crippen LogP contribution in [0.25, 0.3) is 44.4 Å². The Kier molecular flexibility index (Phi) is 11.0. The van der Waals surface area contributed by atoms with Crippen molar-refractivity contribution < 1.29 is 29.2 Å². The molecule has 0 aliphatic heterocycles. The van der Waals surface area contributed by atoms with Crippen molar-refractivity contribution >= 4 is 21.5 Å². The number of rotatable bonds is 3. The number of pyridine rings is 1. The SMILES string of the molecule is Cc1c(C)[n+](C)[c-]n1-c1[c-]ccc2ccccc12.Cc1c(C)[n+](C)[c-]n1-c1[c-]ccc2ccccc12.Cc1n[n-]c(-c2ccccn2)n1.[Ir]. The van der Waals surface area contributed by atoms with E-state index in [-0.39, 0.29) is 20.1 Å². The van der Waals surface area contributed by atoms with Gasteiger partial charge in [-0.2, -0.15) is 36.4 Å². The Labute approximate surface area is 301 Å². The Hall–Kier alpha value is -5.24. The monoisotopic (exact) mass is 822 g/mol. The van der Waals surface area contributed by atoms with Gasteiger partial charge >= 0.3 is 0 Å². The molecule has 49 heavy (non-hydrogen) atoms. The van der Waals surface area contributed by atoms with E-state index in [1.165, 1.54) is 44.3 Å². The first kappa shape index (κ1) is 35.1. The Morgan fingerprint density at radius 2 is 1.12 bits per heavy atom. The maximum Gasteiger partial charge on any atom is 0.241 e. The number of aryl methyl sites for hydroxylation is 3. The third kappa shape index (κ3) is 7.43. The van der Waals surface area contributed by atoms with Crippen LogP contribution in [0.1, 0.15) is 28.6 Å². The molecule has 0 aliphatic carbocycles. The number of hydrogen-bond donors (Lipinski definition) is 0. The molecule has 0 unspecified atom stereocenters. The van der Waals surface area contributed by atoms with Gasteiger partial charge in [0.05, 0.1) is 19.8 Å². The zero-order chi connectivity index (χ0) is 33.8. The fourth-order valence-electron chi connectivity index (χ4n) is 5.43. The van der Waals surface area contributed by atoms with Crippen LogP contribution in [-0.4, -0.2) is 24.2 Å². The van der Waals surface area contributed by atoms with Crippen LogP contribution in [0.15, 0.2) is 97.2 Å². The zero-order valence-electron chi connectivity index (χ0n) is 28.6. The third-order valence-corrected chi connectivity index (χ3v) is 8.52. The van der Waals surface area contributed by atoms with Crippen LogP contribution in [-0.2, 0) is 34.2 Å². The fraction of sp³-hybridized carbons (Fsp3) is 0.175. The van der Waals surface area contributed by atoms with Crippen LogP contribution in [0.5, 0.6) is 0 Å². The van der Waals surface area contributed by atoms with Crippen molar-refractivity contribution in [2.45, 2.75) is 34.6 Å². The summed E-state index contributed by atoms with van der Waals surface area (Å²) in [6.45, 7) is 10.2. The van der Waals surface area contributed by atoms with E-state index in [9.17, 15) is 0 Å². The van der Waals surface area contributed by atoms with Crippen LogP contribution in [0.2, 0.25) is 0 Å². The molecule has 4 aromatic heterocycles. The Balaban J connectivity index is 0.000000145. The summed E-state index contributed by atoms with van der Waals surface area (Å²) < 4.78 is 8.20. The molecule has 8 rings (SSSR count). The maximum atomic E-state index is 4.10. The minimum Gasteiger partial charge on any atom is -0.421 e. The second kappa shape index (κ2) is 15.3. The first-order valence-electron chi connectivity index (χ1n) is 15.7. The van der Waals surface area contributed by atoms with Crippen LogP contribution in [0.4, 0.5) is 0 Å².